The number of hydrogen-bond donors (Lipinski definition) is 2. The smallest absolute Gasteiger partial charge is 0.123 e. The molecular weight excluding hydrogens is 236 g/mol. The average molecular weight is 256 g/mol. The fourth-order valence-corrected chi connectivity index (χ4v) is 2.33. The molecule has 2 aromatic carbocycles. The Morgan fingerprint density at radius 3 is 2.37 bits per heavy atom. The maximum atomic E-state index is 10.1. The number of phenolic OH excluding ortho intramolecular Hbond substituents is 2. The summed E-state index contributed by atoms with van der Waals surface area (Å²) in [6, 6.07) is 13.0. The molecule has 0 aromatic heterocycles. The van der Waals surface area contributed by atoms with E-state index in [1.165, 1.54) is 6.07 Å². The molecule has 2 N–H and O–H groups in total. The second kappa shape index (κ2) is 6.28. The number of phenols is 2. The van der Waals surface area contributed by atoms with Crippen molar-refractivity contribution in [1.82, 2.24) is 0 Å². The molecule has 0 atom stereocenters. The molecule has 0 unspecified atom stereocenters. The minimum Gasteiger partial charge on any atom is -0.508 e. The maximum absolute atomic E-state index is 10.1. The second-order valence-corrected chi connectivity index (χ2v) is 4.81. The molecule has 0 spiro atoms. The minimum atomic E-state index is 0.107. The first-order valence-corrected chi connectivity index (χ1v) is 6.82. The van der Waals surface area contributed by atoms with Crippen LogP contribution in [0, 0.1) is 0 Å². The predicted octanol–water partition coefficient (Wildman–Crippen LogP) is 4.50. The standard InChI is InChI=1S/C17H20O2/c1-2-3-5-10-15-16(11-14(18)12-17(15)19)13-8-6-4-7-9-13/h4,6-9,11-12,18-19H,2-3,5,10H2,1H3. The zero-order chi connectivity index (χ0) is 13.7. The molecule has 100 valence electrons. The molecule has 0 aliphatic heterocycles. The molecular formula is C17H20O2. The molecule has 2 aromatic rings. The van der Waals surface area contributed by atoms with Gasteiger partial charge in [0, 0.05) is 11.6 Å². The molecule has 0 radical (unpaired) electrons. The zero-order valence-electron chi connectivity index (χ0n) is 11.3. The third-order valence-electron chi connectivity index (χ3n) is 3.33. The van der Waals surface area contributed by atoms with Gasteiger partial charge in [0.15, 0.2) is 0 Å². The predicted molar refractivity (Wildman–Crippen MR) is 78.4 cm³/mol. The number of hydrogen-bond acceptors (Lipinski definition) is 2. The molecule has 0 aliphatic carbocycles. The van der Waals surface area contributed by atoms with Crippen molar-refractivity contribution < 1.29 is 10.2 Å². The highest BCUT2D eigenvalue weighted by molar-refractivity contribution is 5.71. The third kappa shape index (κ3) is 3.28. The summed E-state index contributed by atoms with van der Waals surface area (Å²) in [6.07, 6.45) is 4.19. The molecule has 2 nitrogen and oxygen atoms in total. The van der Waals surface area contributed by atoms with Gasteiger partial charge in [-0.15, -0.1) is 0 Å². The number of aromatic hydroxyl groups is 2. The Morgan fingerprint density at radius 2 is 1.68 bits per heavy atom. The van der Waals surface area contributed by atoms with E-state index in [1.54, 1.807) is 6.07 Å². The van der Waals surface area contributed by atoms with Gasteiger partial charge in [0.2, 0.25) is 0 Å². The lowest BCUT2D eigenvalue weighted by Gasteiger charge is -2.12. The van der Waals surface area contributed by atoms with Crippen molar-refractivity contribution in [3.05, 3.63) is 48.0 Å². The van der Waals surface area contributed by atoms with Crippen molar-refractivity contribution >= 4 is 0 Å². The van der Waals surface area contributed by atoms with E-state index in [9.17, 15) is 10.2 Å². The van der Waals surface area contributed by atoms with Crippen LogP contribution < -0.4 is 0 Å². The van der Waals surface area contributed by atoms with E-state index in [-0.39, 0.29) is 11.5 Å². The first-order valence-electron chi connectivity index (χ1n) is 6.82. The fourth-order valence-electron chi connectivity index (χ4n) is 2.33. The summed E-state index contributed by atoms with van der Waals surface area (Å²) >= 11 is 0. The van der Waals surface area contributed by atoms with Crippen molar-refractivity contribution in [2.24, 2.45) is 0 Å². The zero-order valence-corrected chi connectivity index (χ0v) is 11.3. The Labute approximate surface area is 114 Å². The summed E-state index contributed by atoms with van der Waals surface area (Å²) in [5.74, 6) is 0.297. The third-order valence-corrected chi connectivity index (χ3v) is 3.33. The van der Waals surface area contributed by atoms with Crippen molar-refractivity contribution in [2.45, 2.75) is 32.6 Å². The Bertz CT molecular complexity index is 532. The Balaban J connectivity index is 2.40. The van der Waals surface area contributed by atoms with E-state index in [2.05, 4.69) is 6.92 Å². The van der Waals surface area contributed by atoms with Crippen LogP contribution in [0.4, 0.5) is 0 Å². The molecule has 2 rings (SSSR count). The van der Waals surface area contributed by atoms with Crippen LogP contribution >= 0.6 is 0 Å². The van der Waals surface area contributed by atoms with Crippen molar-refractivity contribution in [2.75, 3.05) is 0 Å². The SMILES string of the molecule is CCCCCc1c(O)cc(O)cc1-c1ccccc1. The molecule has 0 aliphatic rings. The number of unbranched alkanes of at least 4 members (excludes halogenated alkanes) is 2. The second-order valence-electron chi connectivity index (χ2n) is 4.81. The van der Waals surface area contributed by atoms with E-state index >= 15 is 0 Å². The lowest BCUT2D eigenvalue weighted by Crippen LogP contribution is -1.92. The summed E-state index contributed by atoms with van der Waals surface area (Å²) in [7, 11) is 0. The topological polar surface area (TPSA) is 40.5 Å². The van der Waals surface area contributed by atoms with E-state index < -0.39 is 0 Å². The Hall–Kier alpha value is -1.96. The van der Waals surface area contributed by atoms with Crippen LogP contribution in [0.5, 0.6) is 11.5 Å². The van der Waals surface area contributed by atoms with Gasteiger partial charge in [0.25, 0.3) is 0 Å². The van der Waals surface area contributed by atoms with Gasteiger partial charge in [-0.1, -0.05) is 50.1 Å². The van der Waals surface area contributed by atoms with E-state index in [1.807, 2.05) is 30.3 Å². The summed E-state index contributed by atoms with van der Waals surface area (Å²) in [5, 5.41) is 19.8. The Morgan fingerprint density at radius 1 is 0.947 bits per heavy atom. The molecule has 0 bridgehead atoms. The minimum absolute atomic E-state index is 0.107. The highest BCUT2D eigenvalue weighted by Gasteiger charge is 2.11. The highest BCUT2D eigenvalue weighted by Crippen LogP contribution is 2.35. The van der Waals surface area contributed by atoms with Crippen LogP contribution in [-0.4, -0.2) is 10.2 Å². The van der Waals surface area contributed by atoms with Crippen molar-refractivity contribution in [1.29, 1.82) is 0 Å². The van der Waals surface area contributed by atoms with Crippen molar-refractivity contribution in [3.63, 3.8) is 0 Å². The average Bonchev–Trinajstić information content (AvgIpc) is 2.42. The van der Waals surface area contributed by atoms with Gasteiger partial charge >= 0.3 is 0 Å². The van der Waals surface area contributed by atoms with Crippen LogP contribution in [0.2, 0.25) is 0 Å². The lowest BCUT2D eigenvalue weighted by atomic mass is 9.94. The van der Waals surface area contributed by atoms with Crippen LogP contribution in [0.15, 0.2) is 42.5 Å². The molecule has 0 amide bonds. The van der Waals surface area contributed by atoms with Gasteiger partial charge < -0.3 is 10.2 Å². The largest absolute Gasteiger partial charge is 0.508 e. The summed E-state index contributed by atoms with van der Waals surface area (Å²) in [5.41, 5.74) is 2.88. The first-order chi connectivity index (χ1) is 9.22. The van der Waals surface area contributed by atoms with Gasteiger partial charge in [-0.25, -0.2) is 0 Å². The Kier molecular flexibility index (Phi) is 4.45. The molecule has 0 saturated heterocycles. The molecule has 2 heteroatoms. The number of benzene rings is 2. The van der Waals surface area contributed by atoms with E-state index in [0.29, 0.717) is 0 Å². The van der Waals surface area contributed by atoms with Gasteiger partial charge in [0.05, 0.1) is 0 Å². The molecule has 19 heavy (non-hydrogen) atoms. The summed E-state index contributed by atoms with van der Waals surface area (Å²) in [6.45, 7) is 2.16. The van der Waals surface area contributed by atoms with Crippen LogP contribution in [0.25, 0.3) is 11.1 Å². The first kappa shape index (κ1) is 13.5. The van der Waals surface area contributed by atoms with Crippen LogP contribution in [0.3, 0.4) is 0 Å². The summed E-state index contributed by atoms with van der Waals surface area (Å²) < 4.78 is 0. The summed E-state index contributed by atoms with van der Waals surface area (Å²) in [4.78, 5) is 0. The normalized spacial score (nSPS) is 10.6. The quantitative estimate of drug-likeness (QED) is 0.773. The van der Waals surface area contributed by atoms with E-state index in [0.717, 1.165) is 42.4 Å². The highest BCUT2D eigenvalue weighted by atomic mass is 16.3. The molecule has 0 fully saturated rings. The van der Waals surface area contributed by atoms with Gasteiger partial charge in [-0.3, -0.25) is 0 Å². The number of rotatable bonds is 5. The van der Waals surface area contributed by atoms with Gasteiger partial charge in [-0.05, 0) is 30.0 Å². The lowest BCUT2D eigenvalue weighted by molar-refractivity contribution is 0.445. The van der Waals surface area contributed by atoms with Gasteiger partial charge in [-0.2, -0.15) is 0 Å². The maximum Gasteiger partial charge on any atom is 0.123 e. The van der Waals surface area contributed by atoms with Crippen LogP contribution in [-0.2, 0) is 6.42 Å². The van der Waals surface area contributed by atoms with Crippen molar-refractivity contribution in [3.8, 4) is 22.6 Å². The molecule has 0 saturated carbocycles. The van der Waals surface area contributed by atoms with Gasteiger partial charge in [0.1, 0.15) is 11.5 Å². The molecule has 0 heterocycles. The van der Waals surface area contributed by atoms with E-state index in [4.69, 9.17) is 0 Å². The monoisotopic (exact) mass is 256 g/mol. The fraction of sp³-hybridized carbons (Fsp3) is 0.294. The van der Waals surface area contributed by atoms with Crippen LogP contribution in [0.1, 0.15) is 31.7 Å².